The first-order chi connectivity index (χ1) is 7.49. The number of hydrogen-bond donors (Lipinski definition) is 2. The summed E-state index contributed by atoms with van der Waals surface area (Å²) in [5.41, 5.74) is 0.941. The molecule has 0 heterocycles. The maximum absolute atomic E-state index is 13.1. The fourth-order valence-electron chi connectivity index (χ4n) is 0.948. The Hall–Kier alpha value is -1.76. The van der Waals surface area contributed by atoms with Crippen LogP contribution in [0.4, 0.5) is 13.2 Å². The summed E-state index contributed by atoms with van der Waals surface area (Å²) >= 11 is 0. The summed E-state index contributed by atoms with van der Waals surface area (Å²) in [5.74, 6) is -7.47. The molecular formula is C9H8F3NO3. The molecule has 0 saturated heterocycles. The van der Waals surface area contributed by atoms with E-state index in [0.29, 0.717) is 6.07 Å². The van der Waals surface area contributed by atoms with Crippen LogP contribution in [0.15, 0.2) is 6.07 Å². The highest BCUT2D eigenvalue weighted by atomic mass is 19.2. The monoisotopic (exact) mass is 235 g/mol. The summed E-state index contributed by atoms with van der Waals surface area (Å²) < 4.78 is 38.6. The van der Waals surface area contributed by atoms with Crippen LogP contribution in [0.1, 0.15) is 17.3 Å². The Balaban J connectivity index is 3.10. The van der Waals surface area contributed by atoms with Crippen molar-refractivity contribution in [1.29, 1.82) is 0 Å². The molecule has 1 amide bonds. The van der Waals surface area contributed by atoms with Crippen molar-refractivity contribution in [2.24, 2.45) is 0 Å². The largest absolute Gasteiger partial charge is 0.503 e. The third kappa shape index (κ3) is 2.25. The van der Waals surface area contributed by atoms with Crippen LogP contribution in [0.25, 0.3) is 0 Å². The molecule has 16 heavy (non-hydrogen) atoms. The number of phenolic OH excluding ortho intramolecular Hbond substituents is 1. The Kier molecular flexibility index (Phi) is 3.73. The summed E-state index contributed by atoms with van der Waals surface area (Å²) in [6.07, 6.45) is 0. The molecule has 1 rings (SSSR count). The molecule has 1 aromatic carbocycles. The van der Waals surface area contributed by atoms with Crippen LogP contribution in [0.5, 0.6) is 5.75 Å². The standard InChI is InChI=1S/C9H8F3NO3/c1-2-16-13-9(15)4-3-5(10)7(12)8(14)6(4)11/h3,14H,2H2,1H3,(H,13,15). The molecule has 0 radical (unpaired) electrons. The van der Waals surface area contributed by atoms with Crippen LogP contribution in [-0.2, 0) is 4.84 Å². The van der Waals surface area contributed by atoms with Crippen LogP contribution >= 0.6 is 0 Å². The normalized spacial score (nSPS) is 10.2. The number of carbonyl (C=O) groups is 1. The highest BCUT2D eigenvalue weighted by Gasteiger charge is 2.22. The molecule has 0 spiro atoms. The summed E-state index contributed by atoms with van der Waals surface area (Å²) in [6.45, 7) is 1.67. The number of benzene rings is 1. The van der Waals surface area contributed by atoms with Gasteiger partial charge in [0.25, 0.3) is 5.91 Å². The second kappa shape index (κ2) is 4.84. The summed E-state index contributed by atoms with van der Waals surface area (Å²) in [4.78, 5) is 15.6. The molecule has 2 N–H and O–H groups in total. The minimum atomic E-state index is -1.74. The SMILES string of the molecule is CCONC(=O)c1cc(F)c(F)c(O)c1F. The van der Waals surface area contributed by atoms with Crippen molar-refractivity contribution in [3.05, 3.63) is 29.1 Å². The molecule has 0 saturated carbocycles. The van der Waals surface area contributed by atoms with Crippen LogP contribution in [0.2, 0.25) is 0 Å². The topological polar surface area (TPSA) is 58.6 Å². The van der Waals surface area contributed by atoms with Gasteiger partial charge in [-0.3, -0.25) is 9.63 Å². The number of amides is 1. The molecule has 0 aromatic heterocycles. The van der Waals surface area contributed by atoms with Crippen molar-refractivity contribution in [2.75, 3.05) is 6.61 Å². The number of carbonyl (C=O) groups excluding carboxylic acids is 1. The average Bonchev–Trinajstić information content (AvgIpc) is 2.28. The van der Waals surface area contributed by atoms with Gasteiger partial charge in [0.2, 0.25) is 5.82 Å². The lowest BCUT2D eigenvalue weighted by atomic mass is 10.1. The van der Waals surface area contributed by atoms with E-state index in [4.69, 9.17) is 5.11 Å². The van der Waals surface area contributed by atoms with Crippen LogP contribution in [0.3, 0.4) is 0 Å². The Morgan fingerprint density at radius 1 is 1.44 bits per heavy atom. The molecule has 88 valence electrons. The van der Waals surface area contributed by atoms with E-state index in [1.165, 1.54) is 0 Å². The quantitative estimate of drug-likeness (QED) is 0.616. The Bertz CT molecular complexity index is 423. The zero-order valence-electron chi connectivity index (χ0n) is 8.18. The maximum Gasteiger partial charge on any atom is 0.278 e. The molecule has 1 aromatic rings. The number of rotatable bonds is 3. The molecule has 0 unspecified atom stereocenters. The van der Waals surface area contributed by atoms with E-state index >= 15 is 0 Å². The number of halogens is 3. The lowest BCUT2D eigenvalue weighted by Crippen LogP contribution is -2.25. The van der Waals surface area contributed by atoms with Crippen molar-refractivity contribution in [2.45, 2.75) is 6.92 Å². The second-order valence-electron chi connectivity index (χ2n) is 2.75. The van der Waals surface area contributed by atoms with E-state index in [2.05, 4.69) is 4.84 Å². The van der Waals surface area contributed by atoms with E-state index in [0.717, 1.165) is 0 Å². The van der Waals surface area contributed by atoms with Gasteiger partial charge in [-0.05, 0) is 13.0 Å². The number of hydroxylamine groups is 1. The Morgan fingerprint density at radius 2 is 2.06 bits per heavy atom. The van der Waals surface area contributed by atoms with Crippen LogP contribution in [-0.4, -0.2) is 17.6 Å². The van der Waals surface area contributed by atoms with Crippen LogP contribution in [0, 0.1) is 17.5 Å². The highest BCUT2D eigenvalue weighted by molar-refractivity contribution is 5.94. The van der Waals surface area contributed by atoms with E-state index in [1.807, 2.05) is 0 Å². The lowest BCUT2D eigenvalue weighted by Gasteiger charge is -2.06. The fraction of sp³-hybridized carbons (Fsp3) is 0.222. The smallest absolute Gasteiger partial charge is 0.278 e. The van der Waals surface area contributed by atoms with Gasteiger partial charge >= 0.3 is 0 Å². The molecule has 0 fully saturated rings. The van der Waals surface area contributed by atoms with E-state index in [-0.39, 0.29) is 6.61 Å². The first kappa shape index (κ1) is 12.3. The Morgan fingerprint density at radius 3 is 2.62 bits per heavy atom. The van der Waals surface area contributed by atoms with Gasteiger partial charge in [0, 0.05) is 0 Å². The molecular weight excluding hydrogens is 227 g/mol. The van der Waals surface area contributed by atoms with Crippen molar-refractivity contribution in [3.8, 4) is 5.75 Å². The predicted molar refractivity (Wildman–Crippen MR) is 47.1 cm³/mol. The number of aromatic hydroxyl groups is 1. The molecule has 4 nitrogen and oxygen atoms in total. The first-order valence-electron chi connectivity index (χ1n) is 4.27. The minimum Gasteiger partial charge on any atom is -0.503 e. The average molecular weight is 235 g/mol. The second-order valence-corrected chi connectivity index (χ2v) is 2.75. The third-order valence-electron chi connectivity index (χ3n) is 1.69. The zero-order valence-corrected chi connectivity index (χ0v) is 8.18. The Labute approximate surface area is 88.6 Å². The molecule has 0 aliphatic heterocycles. The van der Waals surface area contributed by atoms with Gasteiger partial charge in [0.15, 0.2) is 17.4 Å². The fourth-order valence-corrected chi connectivity index (χ4v) is 0.948. The predicted octanol–water partition coefficient (Wildman–Crippen LogP) is 1.49. The van der Waals surface area contributed by atoms with E-state index in [1.54, 1.807) is 12.4 Å². The van der Waals surface area contributed by atoms with Gasteiger partial charge in [-0.1, -0.05) is 0 Å². The van der Waals surface area contributed by atoms with Gasteiger partial charge in [0.05, 0.1) is 12.2 Å². The summed E-state index contributed by atoms with van der Waals surface area (Å²) in [6, 6.07) is 0.332. The van der Waals surface area contributed by atoms with Gasteiger partial charge in [-0.25, -0.2) is 14.3 Å². The van der Waals surface area contributed by atoms with Crippen molar-refractivity contribution < 1.29 is 27.9 Å². The van der Waals surface area contributed by atoms with Crippen molar-refractivity contribution in [3.63, 3.8) is 0 Å². The molecule has 0 bridgehead atoms. The van der Waals surface area contributed by atoms with Gasteiger partial charge in [0.1, 0.15) is 0 Å². The van der Waals surface area contributed by atoms with Crippen molar-refractivity contribution >= 4 is 5.91 Å². The molecule has 0 aliphatic rings. The highest BCUT2D eigenvalue weighted by Crippen LogP contribution is 2.25. The number of hydrogen-bond acceptors (Lipinski definition) is 3. The van der Waals surface area contributed by atoms with Crippen LogP contribution < -0.4 is 5.48 Å². The number of phenols is 1. The summed E-state index contributed by atoms with van der Waals surface area (Å²) in [5, 5.41) is 8.83. The van der Waals surface area contributed by atoms with Gasteiger partial charge < -0.3 is 5.11 Å². The van der Waals surface area contributed by atoms with Gasteiger partial charge in [-0.2, -0.15) is 4.39 Å². The third-order valence-corrected chi connectivity index (χ3v) is 1.69. The first-order valence-corrected chi connectivity index (χ1v) is 4.27. The summed E-state index contributed by atoms with van der Waals surface area (Å²) in [7, 11) is 0. The van der Waals surface area contributed by atoms with Gasteiger partial charge in [-0.15, -0.1) is 0 Å². The van der Waals surface area contributed by atoms with Crippen molar-refractivity contribution in [1.82, 2.24) is 5.48 Å². The minimum absolute atomic E-state index is 0.114. The molecule has 0 atom stereocenters. The van der Waals surface area contributed by atoms with E-state index < -0.39 is 34.7 Å². The van der Waals surface area contributed by atoms with E-state index in [9.17, 15) is 18.0 Å². The zero-order chi connectivity index (χ0) is 12.3. The lowest BCUT2D eigenvalue weighted by molar-refractivity contribution is 0.0359. The number of nitrogens with one attached hydrogen (secondary N) is 1. The maximum atomic E-state index is 13.1. The molecule has 7 heteroatoms. The molecule has 0 aliphatic carbocycles.